The fourth-order valence-electron chi connectivity index (χ4n) is 4.08. The molecule has 0 saturated heterocycles. The highest BCUT2D eigenvalue weighted by atomic mass is 19.1. The molecule has 2 aromatic heterocycles. The SMILES string of the molecule is CCn1nccc1CN(C)Cc1c(C)n(Cc2ccccc2F)c2ccccc12. The summed E-state index contributed by atoms with van der Waals surface area (Å²) in [5, 5.41) is 5.61. The van der Waals surface area contributed by atoms with Crippen molar-refractivity contribution in [3.63, 3.8) is 0 Å². The zero-order valence-corrected chi connectivity index (χ0v) is 17.3. The molecule has 0 aliphatic carbocycles. The van der Waals surface area contributed by atoms with Gasteiger partial charge < -0.3 is 4.57 Å². The molecular weight excluding hydrogens is 363 g/mol. The monoisotopic (exact) mass is 390 g/mol. The third kappa shape index (κ3) is 3.83. The van der Waals surface area contributed by atoms with Crippen molar-refractivity contribution < 1.29 is 4.39 Å². The molecule has 0 saturated carbocycles. The van der Waals surface area contributed by atoms with Crippen LogP contribution in [0.1, 0.15) is 29.4 Å². The number of nitrogens with zero attached hydrogens (tertiary/aromatic N) is 4. The fraction of sp³-hybridized carbons (Fsp3) is 0.292. The molecule has 4 aromatic rings. The van der Waals surface area contributed by atoms with Gasteiger partial charge in [0, 0.05) is 48.0 Å². The van der Waals surface area contributed by atoms with E-state index < -0.39 is 0 Å². The molecule has 5 heteroatoms. The molecule has 2 aromatic carbocycles. The zero-order valence-electron chi connectivity index (χ0n) is 17.3. The van der Waals surface area contributed by atoms with Crippen molar-refractivity contribution in [1.29, 1.82) is 0 Å². The van der Waals surface area contributed by atoms with Gasteiger partial charge in [-0.3, -0.25) is 9.58 Å². The summed E-state index contributed by atoms with van der Waals surface area (Å²) in [7, 11) is 2.13. The molecule has 0 spiro atoms. The van der Waals surface area contributed by atoms with E-state index in [2.05, 4.69) is 59.7 Å². The maximum absolute atomic E-state index is 14.3. The Morgan fingerprint density at radius 1 is 1.00 bits per heavy atom. The Hall–Kier alpha value is -2.92. The summed E-state index contributed by atoms with van der Waals surface area (Å²) >= 11 is 0. The number of rotatable bonds is 7. The third-order valence-electron chi connectivity index (χ3n) is 5.61. The number of hydrogen-bond acceptors (Lipinski definition) is 2. The van der Waals surface area contributed by atoms with Crippen LogP contribution in [0.15, 0.2) is 60.8 Å². The van der Waals surface area contributed by atoms with E-state index in [9.17, 15) is 4.39 Å². The first-order valence-electron chi connectivity index (χ1n) is 10.1. The van der Waals surface area contributed by atoms with E-state index in [4.69, 9.17) is 0 Å². The number of benzene rings is 2. The van der Waals surface area contributed by atoms with Crippen LogP contribution >= 0.6 is 0 Å². The first-order chi connectivity index (χ1) is 14.1. The molecule has 0 aliphatic rings. The number of hydrogen-bond donors (Lipinski definition) is 0. The number of halogens is 1. The number of fused-ring (bicyclic) bond motifs is 1. The molecule has 0 bridgehead atoms. The highest BCUT2D eigenvalue weighted by molar-refractivity contribution is 5.85. The van der Waals surface area contributed by atoms with E-state index >= 15 is 0 Å². The summed E-state index contributed by atoms with van der Waals surface area (Å²) in [6.45, 7) is 7.31. The summed E-state index contributed by atoms with van der Waals surface area (Å²) in [6.07, 6.45) is 1.86. The summed E-state index contributed by atoms with van der Waals surface area (Å²) in [5.74, 6) is -0.156. The van der Waals surface area contributed by atoms with Crippen molar-refractivity contribution in [2.45, 2.75) is 40.0 Å². The molecule has 2 heterocycles. The van der Waals surface area contributed by atoms with Gasteiger partial charge in [0.2, 0.25) is 0 Å². The maximum atomic E-state index is 14.3. The van der Waals surface area contributed by atoms with Gasteiger partial charge in [0.15, 0.2) is 0 Å². The van der Waals surface area contributed by atoms with Crippen LogP contribution in [0.25, 0.3) is 10.9 Å². The van der Waals surface area contributed by atoms with Crippen LogP contribution < -0.4 is 0 Å². The molecule has 0 radical (unpaired) electrons. The van der Waals surface area contributed by atoms with E-state index in [0.29, 0.717) is 12.1 Å². The Bertz CT molecular complexity index is 1130. The average Bonchev–Trinajstić information content (AvgIpc) is 3.27. The number of para-hydroxylation sites is 1. The van der Waals surface area contributed by atoms with Gasteiger partial charge in [-0.2, -0.15) is 5.10 Å². The molecule has 0 unspecified atom stereocenters. The molecule has 0 fully saturated rings. The molecule has 29 heavy (non-hydrogen) atoms. The lowest BCUT2D eigenvalue weighted by atomic mass is 10.1. The smallest absolute Gasteiger partial charge is 0.128 e. The second-order valence-corrected chi connectivity index (χ2v) is 7.57. The minimum absolute atomic E-state index is 0.156. The molecule has 0 atom stereocenters. The van der Waals surface area contributed by atoms with Crippen molar-refractivity contribution in [1.82, 2.24) is 19.2 Å². The van der Waals surface area contributed by atoms with E-state index in [1.54, 1.807) is 6.07 Å². The van der Waals surface area contributed by atoms with Gasteiger partial charge in [-0.15, -0.1) is 0 Å². The number of aromatic nitrogens is 3. The Morgan fingerprint density at radius 2 is 1.76 bits per heavy atom. The summed E-state index contributed by atoms with van der Waals surface area (Å²) in [5.41, 5.74) is 5.55. The van der Waals surface area contributed by atoms with Crippen molar-refractivity contribution in [3.8, 4) is 0 Å². The lowest BCUT2D eigenvalue weighted by Gasteiger charge is -2.18. The highest BCUT2D eigenvalue weighted by Gasteiger charge is 2.17. The van der Waals surface area contributed by atoms with Gasteiger partial charge in [-0.05, 0) is 44.7 Å². The van der Waals surface area contributed by atoms with Crippen LogP contribution in [0.3, 0.4) is 0 Å². The Morgan fingerprint density at radius 3 is 2.55 bits per heavy atom. The van der Waals surface area contributed by atoms with Crippen molar-refractivity contribution in [2.75, 3.05) is 7.05 Å². The predicted molar refractivity (Wildman–Crippen MR) is 115 cm³/mol. The molecular formula is C24H27FN4. The van der Waals surface area contributed by atoms with Gasteiger partial charge in [-0.25, -0.2) is 4.39 Å². The average molecular weight is 391 g/mol. The zero-order chi connectivity index (χ0) is 20.4. The van der Waals surface area contributed by atoms with Crippen LogP contribution in [-0.2, 0) is 26.2 Å². The molecule has 150 valence electrons. The Labute approximate surface area is 171 Å². The van der Waals surface area contributed by atoms with Gasteiger partial charge in [0.25, 0.3) is 0 Å². The number of aryl methyl sites for hydroxylation is 1. The minimum Gasteiger partial charge on any atom is -0.340 e. The normalized spacial score (nSPS) is 11.6. The molecule has 0 aliphatic heterocycles. The quantitative estimate of drug-likeness (QED) is 0.445. The van der Waals surface area contributed by atoms with Crippen LogP contribution in [0.2, 0.25) is 0 Å². The first kappa shape index (κ1) is 19.4. The maximum Gasteiger partial charge on any atom is 0.128 e. The van der Waals surface area contributed by atoms with E-state index in [1.165, 1.54) is 28.4 Å². The summed E-state index contributed by atoms with van der Waals surface area (Å²) < 4.78 is 18.5. The van der Waals surface area contributed by atoms with Gasteiger partial charge >= 0.3 is 0 Å². The Kier molecular flexibility index (Phi) is 5.49. The highest BCUT2D eigenvalue weighted by Crippen LogP contribution is 2.28. The van der Waals surface area contributed by atoms with Crippen LogP contribution in [0, 0.1) is 12.7 Å². The summed E-state index contributed by atoms with van der Waals surface area (Å²) in [6, 6.07) is 17.5. The minimum atomic E-state index is -0.156. The topological polar surface area (TPSA) is 26.0 Å². The van der Waals surface area contributed by atoms with Gasteiger partial charge in [0.1, 0.15) is 5.82 Å². The standard InChI is InChI=1S/C24H27FN4/c1-4-29-20(13-14-26-29)16-27(3)17-22-18(2)28(24-12-8-6-10-21(22)24)15-19-9-5-7-11-23(19)25/h5-14H,4,15-17H2,1-3H3. The molecule has 0 N–H and O–H groups in total. The molecule has 0 amide bonds. The molecule has 4 nitrogen and oxygen atoms in total. The van der Waals surface area contributed by atoms with Crippen LogP contribution in [-0.4, -0.2) is 26.3 Å². The van der Waals surface area contributed by atoms with E-state index in [0.717, 1.165) is 25.2 Å². The van der Waals surface area contributed by atoms with Gasteiger partial charge in [0.05, 0.1) is 12.2 Å². The molecule has 4 rings (SSSR count). The lowest BCUT2D eigenvalue weighted by molar-refractivity contribution is 0.307. The first-order valence-corrected chi connectivity index (χ1v) is 10.1. The van der Waals surface area contributed by atoms with Crippen molar-refractivity contribution in [2.24, 2.45) is 0 Å². The van der Waals surface area contributed by atoms with Crippen LogP contribution in [0.4, 0.5) is 4.39 Å². The van der Waals surface area contributed by atoms with Crippen LogP contribution in [0.5, 0.6) is 0 Å². The second-order valence-electron chi connectivity index (χ2n) is 7.57. The van der Waals surface area contributed by atoms with Crippen molar-refractivity contribution in [3.05, 3.63) is 89.1 Å². The second kappa shape index (κ2) is 8.21. The fourth-order valence-corrected chi connectivity index (χ4v) is 4.08. The largest absolute Gasteiger partial charge is 0.340 e. The summed E-state index contributed by atoms with van der Waals surface area (Å²) in [4.78, 5) is 2.31. The van der Waals surface area contributed by atoms with E-state index in [-0.39, 0.29) is 5.82 Å². The predicted octanol–water partition coefficient (Wildman–Crippen LogP) is 4.99. The van der Waals surface area contributed by atoms with Gasteiger partial charge in [-0.1, -0.05) is 36.4 Å². The third-order valence-corrected chi connectivity index (χ3v) is 5.61. The Balaban J connectivity index is 1.66. The lowest BCUT2D eigenvalue weighted by Crippen LogP contribution is -2.20. The van der Waals surface area contributed by atoms with Crippen molar-refractivity contribution >= 4 is 10.9 Å². The van der Waals surface area contributed by atoms with E-state index in [1.807, 2.05) is 29.1 Å².